The maximum absolute atomic E-state index is 8.50. The van der Waals surface area contributed by atoms with E-state index in [1.807, 2.05) is 35.2 Å². The fourth-order valence-corrected chi connectivity index (χ4v) is 1.41. The van der Waals surface area contributed by atoms with Crippen molar-refractivity contribution in [3.05, 3.63) is 35.9 Å². The number of hydrogen-bond acceptors (Lipinski definition) is 2. The zero-order chi connectivity index (χ0) is 11.1. The van der Waals surface area contributed by atoms with Crippen molar-refractivity contribution in [2.75, 3.05) is 6.54 Å². The Morgan fingerprint density at radius 2 is 2.07 bits per heavy atom. The van der Waals surface area contributed by atoms with Crippen LogP contribution in [0.4, 0.5) is 0 Å². The number of hydrogen-bond donors (Lipinski definition) is 1. The lowest BCUT2D eigenvalue weighted by Gasteiger charge is -2.21. The number of benzene rings is 1. The lowest BCUT2D eigenvalue weighted by molar-refractivity contribution is 0.425. The van der Waals surface area contributed by atoms with Gasteiger partial charge >= 0.3 is 0 Å². The van der Waals surface area contributed by atoms with Crippen LogP contribution in [-0.2, 0) is 6.54 Å². The lowest BCUT2D eigenvalue weighted by Crippen LogP contribution is -2.35. The van der Waals surface area contributed by atoms with E-state index in [1.165, 1.54) is 0 Å². The van der Waals surface area contributed by atoms with E-state index in [1.54, 1.807) is 0 Å². The van der Waals surface area contributed by atoms with E-state index in [-0.39, 0.29) is 0 Å². The van der Waals surface area contributed by atoms with Gasteiger partial charge in [-0.05, 0) is 17.8 Å². The van der Waals surface area contributed by atoms with Crippen LogP contribution in [0.15, 0.2) is 30.3 Å². The van der Waals surface area contributed by atoms with Crippen LogP contribution in [0.1, 0.15) is 12.0 Å². The highest BCUT2D eigenvalue weighted by atomic mass is 32.1. The fraction of sp³-hybridized carbons (Fsp3) is 0.273. The summed E-state index contributed by atoms with van der Waals surface area (Å²) in [5.74, 6) is 0. The van der Waals surface area contributed by atoms with Crippen LogP contribution in [0.25, 0.3) is 0 Å². The third kappa shape index (κ3) is 3.96. The first-order valence-electron chi connectivity index (χ1n) is 4.69. The first-order chi connectivity index (χ1) is 7.24. The van der Waals surface area contributed by atoms with Gasteiger partial charge in [0.15, 0.2) is 5.11 Å². The van der Waals surface area contributed by atoms with Crippen molar-refractivity contribution in [1.82, 2.24) is 4.90 Å². The molecule has 0 aromatic heterocycles. The Labute approximate surface area is 95.1 Å². The molecule has 0 radical (unpaired) electrons. The molecule has 78 valence electrons. The predicted octanol–water partition coefficient (Wildman–Crippen LogP) is 1.65. The summed E-state index contributed by atoms with van der Waals surface area (Å²) in [7, 11) is 0. The predicted molar refractivity (Wildman–Crippen MR) is 63.9 cm³/mol. The average Bonchev–Trinajstić information content (AvgIpc) is 2.25. The van der Waals surface area contributed by atoms with E-state index in [4.69, 9.17) is 23.2 Å². The number of nitrogens with two attached hydrogens (primary N) is 1. The molecule has 1 rings (SSSR count). The summed E-state index contributed by atoms with van der Waals surface area (Å²) in [5.41, 5.74) is 6.72. The first-order valence-corrected chi connectivity index (χ1v) is 5.10. The van der Waals surface area contributed by atoms with Crippen molar-refractivity contribution >= 4 is 17.3 Å². The highest BCUT2D eigenvalue weighted by Gasteiger charge is 2.06. The molecule has 0 bridgehead atoms. The molecule has 0 saturated heterocycles. The van der Waals surface area contributed by atoms with Crippen LogP contribution in [0.3, 0.4) is 0 Å². The van der Waals surface area contributed by atoms with Gasteiger partial charge < -0.3 is 10.6 Å². The van der Waals surface area contributed by atoms with Crippen molar-refractivity contribution in [3.8, 4) is 6.07 Å². The van der Waals surface area contributed by atoms with Crippen LogP contribution < -0.4 is 5.73 Å². The normalized spacial score (nSPS) is 9.27. The molecule has 0 aliphatic rings. The minimum Gasteiger partial charge on any atom is -0.376 e. The van der Waals surface area contributed by atoms with Gasteiger partial charge in [-0.2, -0.15) is 5.26 Å². The molecular weight excluding hydrogens is 206 g/mol. The molecule has 0 heterocycles. The molecule has 0 atom stereocenters. The molecule has 0 aliphatic carbocycles. The smallest absolute Gasteiger partial charge is 0.166 e. The Morgan fingerprint density at radius 1 is 1.40 bits per heavy atom. The quantitative estimate of drug-likeness (QED) is 0.782. The summed E-state index contributed by atoms with van der Waals surface area (Å²) in [4.78, 5) is 1.83. The van der Waals surface area contributed by atoms with Crippen LogP contribution in [0, 0.1) is 11.3 Å². The van der Waals surface area contributed by atoms with Crippen molar-refractivity contribution in [2.45, 2.75) is 13.0 Å². The maximum Gasteiger partial charge on any atom is 0.166 e. The fourth-order valence-electron chi connectivity index (χ4n) is 1.26. The van der Waals surface area contributed by atoms with E-state index >= 15 is 0 Å². The molecule has 1 aromatic carbocycles. The van der Waals surface area contributed by atoms with Gasteiger partial charge in [-0.1, -0.05) is 30.3 Å². The SMILES string of the molecule is N#CCCN(Cc1ccccc1)C(N)=S. The number of nitriles is 1. The third-order valence-electron chi connectivity index (χ3n) is 2.02. The summed E-state index contributed by atoms with van der Waals surface area (Å²) in [6.07, 6.45) is 0.435. The second-order valence-corrected chi connectivity index (χ2v) is 3.57. The number of thiocarbonyl (C=S) groups is 1. The molecule has 0 unspecified atom stereocenters. The monoisotopic (exact) mass is 219 g/mol. The van der Waals surface area contributed by atoms with Gasteiger partial charge in [0, 0.05) is 13.1 Å². The van der Waals surface area contributed by atoms with Gasteiger partial charge in [0.2, 0.25) is 0 Å². The summed E-state index contributed by atoms with van der Waals surface area (Å²) < 4.78 is 0. The Hall–Kier alpha value is -1.60. The molecule has 2 N–H and O–H groups in total. The van der Waals surface area contributed by atoms with E-state index in [0.29, 0.717) is 24.6 Å². The second-order valence-electron chi connectivity index (χ2n) is 3.15. The minimum absolute atomic E-state index is 0.342. The van der Waals surface area contributed by atoms with Crippen molar-refractivity contribution < 1.29 is 0 Å². The molecule has 3 nitrogen and oxygen atoms in total. The highest BCUT2D eigenvalue weighted by molar-refractivity contribution is 7.80. The Bertz CT molecular complexity index is 356. The van der Waals surface area contributed by atoms with Crippen molar-refractivity contribution in [1.29, 1.82) is 5.26 Å². The third-order valence-corrected chi connectivity index (χ3v) is 2.28. The van der Waals surface area contributed by atoms with Gasteiger partial charge in [0.25, 0.3) is 0 Å². The van der Waals surface area contributed by atoms with Gasteiger partial charge in [0.05, 0.1) is 12.5 Å². The second kappa shape index (κ2) is 5.99. The molecular formula is C11H13N3S. The van der Waals surface area contributed by atoms with E-state index < -0.39 is 0 Å². The molecule has 0 spiro atoms. The summed E-state index contributed by atoms with van der Waals surface area (Å²) in [5, 5.41) is 8.84. The molecule has 0 fully saturated rings. The van der Waals surface area contributed by atoms with Gasteiger partial charge in [0.1, 0.15) is 0 Å². The van der Waals surface area contributed by atoms with Gasteiger partial charge in [-0.15, -0.1) is 0 Å². The summed E-state index contributed by atoms with van der Waals surface area (Å²) in [6, 6.07) is 12.0. The lowest BCUT2D eigenvalue weighted by atomic mass is 10.2. The van der Waals surface area contributed by atoms with Crippen LogP contribution in [-0.4, -0.2) is 16.6 Å². The Morgan fingerprint density at radius 3 is 2.60 bits per heavy atom. The largest absolute Gasteiger partial charge is 0.376 e. The molecule has 0 aliphatic heterocycles. The maximum atomic E-state index is 8.50. The topological polar surface area (TPSA) is 53.0 Å². The molecule has 15 heavy (non-hydrogen) atoms. The number of rotatable bonds is 4. The van der Waals surface area contributed by atoms with E-state index in [2.05, 4.69) is 6.07 Å². The van der Waals surface area contributed by atoms with E-state index in [9.17, 15) is 0 Å². The van der Waals surface area contributed by atoms with Crippen LogP contribution in [0.5, 0.6) is 0 Å². The molecule has 4 heteroatoms. The molecule has 0 saturated carbocycles. The van der Waals surface area contributed by atoms with Crippen molar-refractivity contribution in [2.24, 2.45) is 5.73 Å². The zero-order valence-electron chi connectivity index (χ0n) is 8.39. The highest BCUT2D eigenvalue weighted by Crippen LogP contribution is 2.04. The molecule has 1 aromatic rings. The van der Waals surface area contributed by atoms with Crippen LogP contribution in [0.2, 0.25) is 0 Å². The zero-order valence-corrected chi connectivity index (χ0v) is 9.20. The van der Waals surface area contributed by atoms with Gasteiger partial charge in [-0.25, -0.2) is 0 Å². The standard InChI is InChI=1S/C11H13N3S/c12-7-4-8-14(11(13)15)9-10-5-2-1-3-6-10/h1-3,5-6H,4,8-9H2,(H2,13,15). The Balaban J connectivity index is 2.60. The first kappa shape index (κ1) is 11.5. The Kier molecular flexibility index (Phi) is 4.58. The minimum atomic E-state index is 0.342. The summed E-state index contributed by atoms with van der Waals surface area (Å²) >= 11 is 4.92. The molecule has 0 amide bonds. The summed E-state index contributed by atoms with van der Waals surface area (Å²) in [6.45, 7) is 1.25. The average molecular weight is 219 g/mol. The van der Waals surface area contributed by atoms with Crippen LogP contribution >= 0.6 is 12.2 Å². The van der Waals surface area contributed by atoms with E-state index in [0.717, 1.165) is 5.56 Å². The van der Waals surface area contributed by atoms with Crippen molar-refractivity contribution in [3.63, 3.8) is 0 Å². The van der Waals surface area contributed by atoms with Gasteiger partial charge in [-0.3, -0.25) is 0 Å². The number of nitrogens with zero attached hydrogens (tertiary/aromatic N) is 2.